The van der Waals surface area contributed by atoms with E-state index in [9.17, 15) is 0 Å². The molecule has 0 radical (unpaired) electrons. The molecule has 0 aliphatic heterocycles. The van der Waals surface area contributed by atoms with E-state index in [0.717, 1.165) is 23.5 Å². The lowest BCUT2D eigenvalue weighted by Crippen LogP contribution is -2.30. The Balaban J connectivity index is 2.01. The maximum atomic E-state index is 8.93. The van der Waals surface area contributed by atoms with Gasteiger partial charge in [-0.1, -0.05) is 5.16 Å². The first kappa shape index (κ1) is 7.84. The van der Waals surface area contributed by atoms with Gasteiger partial charge in [-0.25, -0.2) is 0 Å². The standard InChI is InChI=1S/C11H17NO/c1-7(12-13)11-5-8-2-9(6-11)4-10(11)3-8/h8-10,13H,2-6H2,1H3/b12-7-. The molecule has 0 spiro atoms. The number of rotatable bonds is 1. The molecule has 2 atom stereocenters. The van der Waals surface area contributed by atoms with E-state index in [1.807, 2.05) is 6.92 Å². The summed E-state index contributed by atoms with van der Waals surface area (Å²) in [6.45, 7) is 2.02. The van der Waals surface area contributed by atoms with E-state index in [1.165, 1.54) is 32.1 Å². The molecule has 0 aromatic rings. The van der Waals surface area contributed by atoms with Crippen molar-refractivity contribution < 1.29 is 5.21 Å². The van der Waals surface area contributed by atoms with E-state index in [4.69, 9.17) is 5.21 Å². The highest BCUT2D eigenvalue weighted by Gasteiger charge is 2.59. The summed E-state index contributed by atoms with van der Waals surface area (Å²) in [4.78, 5) is 0. The summed E-state index contributed by atoms with van der Waals surface area (Å²) in [6.07, 6.45) is 6.89. The van der Waals surface area contributed by atoms with E-state index in [2.05, 4.69) is 5.16 Å². The van der Waals surface area contributed by atoms with Gasteiger partial charge in [-0.2, -0.15) is 0 Å². The minimum Gasteiger partial charge on any atom is -0.411 e. The molecule has 4 bridgehead atoms. The predicted molar refractivity (Wildman–Crippen MR) is 50.9 cm³/mol. The molecule has 72 valence electrons. The minimum absolute atomic E-state index is 0.336. The van der Waals surface area contributed by atoms with Crippen LogP contribution in [-0.2, 0) is 0 Å². The summed E-state index contributed by atoms with van der Waals surface area (Å²) in [5.74, 6) is 2.76. The molecule has 4 saturated carbocycles. The van der Waals surface area contributed by atoms with Crippen LogP contribution in [0.2, 0.25) is 0 Å². The first-order chi connectivity index (χ1) is 6.24. The summed E-state index contributed by atoms with van der Waals surface area (Å²) in [7, 11) is 0. The number of hydrogen-bond acceptors (Lipinski definition) is 2. The van der Waals surface area contributed by atoms with Gasteiger partial charge in [-0.15, -0.1) is 0 Å². The molecule has 2 heteroatoms. The van der Waals surface area contributed by atoms with Crippen LogP contribution in [0.5, 0.6) is 0 Å². The molecule has 4 rings (SSSR count). The van der Waals surface area contributed by atoms with Gasteiger partial charge in [0.25, 0.3) is 0 Å². The van der Waals surface area contributed by atoms with Crippen LogP contribution in [0.15, 0.2) is 5.16 Å². The molecule has 0 aromatic carbocycles. The third-order valence-corrected chi connectivity index (χ3v) is 4.86. The third kappa shape index (κ3) is 0.818. The Hall–Kier alpha value is -0.530. The van der Waals surface area contributed by atoms with Gasteiger partial charge in [0.1, 0.15) is 0 Å². The Labute approximate surface area is 79.0 Å². The Kier molecular flexibility index (Phi) is 1.38. The Bertz CT molecular complexity index is 257. The molecule has 1 N–H and O–H groups in total. The van der Waals surface area contributed by atoms with Gasteiger partial charge in [0.05, 0.1) is 5.71 Å². The highest BCUT2D eigenvalue weighted by atomic mass is 16.4. The fraction of sp³-hybridized carbons (Fsp3) is 0.909. The maximum Gasteiger partial charge on any atom is 0.0604 e. The highest BCUT2D eigenvalue weighted by Crippen LogP contribution is 2.65. The van der Waals surface area contributed by atoms with Crippen LogP contribution in [0.4, 0.5) is 0 Å². The number of oxime groups is 1. The first-order valence-electron chi connectivity index (χ1n) is 5.44. The molecule has 4 fully saturated rings. The predicted octanol–water partition coefficient (Wildman–Crippen LogP) is 2.66. The largest absolute Gasteiger partial charge is 0.411 e. The zero-order valence-corrected chi connectivity index (χ0v) is 8.16. The van der Waals surface area contributed by atoms with E-state index < -0.39 is 0 Å². The summed E-state index contributed by atoms with van der Waals surface area (Å²) in [6, 6.07) is 0. The van der Waals surface area contributed by atoms with Gasteiger partial charge in [-0.3, -0.25) is 0 Å². The van der Waals surface area contributed by atoms with Crippen molar-refractivity contribution in [2.75, 3.05) is 0 Å². The van der Waals surface area contributed by atoms with Crippen molar-refractivity contribution in [3.8, 4) is 0 Å². The van der Waals surface area contributed by atoms with Gasteiger partial charge >= 0.3 is 0 Å². The van der Waals surface area contributed by atoms with Gasteiger partial charge in [0.15, 0.2) is 0 Å². The second-order valence-electron chi connectivity index (χ2n) is 5.39. The molecule has 0 aromatic heterocycles. The molecule has 2 nitrogen and oxygen atoms in total. The van der Waals surface area contributed by atoms with Crippen LogP contribution in [0.25, 0.3) is 0 Å². The molecule has 4 aliphatic carbocycles. The SMILES string of the molecule is C/C(=N/O)C12CC3CC(CC1C3)C2. The maximum absolute atomic E-state index is 8.93. The van der Waals surface area contributed by atoms with Crippen molar-refractivity contribution in [1.82, 2.24) is 0 Å². The lowest BCUT2D eigenvalue weighted by molar-refractivity contribution is 0.253. The number of nitrogens with zero attached hydrogens (tertiary/aromatic N) is 1. The fourth-order valence-corrected chi connectivity index (χ4v) is 4.49. The molecule has 0 saturated heterocycles. The zero-order valence-electron chi connectivity index (χ0n) is 8.16. The molecular formula is C11H17NO. The summed E-state index contributed by atoms with van der Waals surface area (Å²) < 4.78 is 0. The Morgan fingerprint density at radius 1 is 1.23 bits per heavy atom. The smallest absolute Gasteiger partial charge is 0.0604 e. The highest BCUT2D eigenvalue weighted by molar-refractivity contribution is 5.88. The van der Waals surface area contributed by atoms with Crippen LogP contribution in [-0.4, -0.2) is 10.9 Å². The molecule has 2 unspecified atom stereocenters. The second-order valence-corrected chi connectivity index (χ2v) is 5.39. The monoisotopic (exact) mass is 179 g/mol. The van der Waals surface area contributed by atoms with Gasteiger partial charge in [0, 0.05) is 5.41 Å². The van der Waals surface area contributed by atoms with Crippen LogP contribution >= 0.6 is 0 Å². The topological polar surface area (TPSA) is 32.6 Å². The van der Waals surface area contributed by atoms with Crippen LogP contribution in [0.3, 0.4) is 0 Å². The van der Waals surface area contributed by atoms with Gasteiger partial charge in [-0.05, 0) is 56.8 Å². The van der Waals surface area contributed by atoms with Gasteiger partial charge in [0.2, 0.25) is 0 Å². The summed E-state index contributed by atoms with van der Waals surface area (Å²) >= 11 is 0. The third-order valence-electron chi connectivity index (χ3n) is 4.86. The average Bonchev–Trinajstić information content (AvgIpc) is 2.51. The zero-order chi connectivity index (χ0) is 9.05. The van der Waals surface area contributed by atoms with Crippen molar-refractivity contribution in [3.63, 3.8) is 0 Å². The second kappa shape index (κ2) is 2.28. The normalized spacial score (nSPS) is 53.3. The van der Waals surface area contributed by atoms with Crippen molar-refractivity contribution >= 4 is 5.71 Å². The fourth-order valence-electron chi connectivity index (χ4n) is 4.49. The van der Waals surface area contributed by atoms with E-state index in [1.54, 1.807) is 0 Å². The molecule has 0 heterocycles. The lowest BCUT2D eigenvalue weighted by atomic mass is 9.73. The molecule has 0 amide bonds. The van der Waals surface area contributed by atoms with Crippen molar-refractivity contribution in [1.29, 1.82) is 0 Å². The molecular weight excluding hydrogens is 162 g/mol. The number of hydrogen-bond donors (Lipinski definition) is 1. The quantitative estimate of drug-likeness (QED) is 0.374. The molecule has 4 aliphatic rings. The van der Waals surface area contributed by atoms with Crippen LogP contribution in [0, 0.1) is 23.2 Å². The van der Waals surface area contributed by atoms with E-state index >= 15 is 0 Å². The lowest BCUT2D eigenvalue weighted by Gasteiger charge is -2.31. The average molecular weight is 179 g/mol. The van der Waals surface area contributed by atoms with Gasteiger partial charge < -0.3 is 5.21 Å². The Morgan fingerprint density at radius 2 is 1.85 bits per heavy atom. The van der Waals surface area contributed by atoms with Crippen LogP contribution in [0.1, 0.15) is 39.0 Å². The van der Waals surface area contributed by atoms with Crippen molar-refractivity contribution in [3.05, 3.63) is 0 Å². The van der Waals surface area contributed by atoms with E-state index in [-0.39, 0.29) is 0 Å². The van der Waals surface area contributed by atoms with Crippen LogP contribution < -0.4 is 0 Å². The summed E-state index contributed by atoms with van der Waals surface area (Å²) in [5.41, 5.74) is 1.35. The minimum atomic E-state index is 0.336. The van der Waals surface area contributed by atoms with Crippen molar-refractivity contribution in [2.24, 2.45) is 28.3 Å². The Morgan fingerprint density at radius 3 is 2.38 bits per heavy atom. The summed E-state index contributed by atoms with van der Waals surface area (Å²) in [5, 5.41) is 12.4. The van der Waals surface area contributed by atoms with E-state index in [0.29, 0.717) is 5.41 Å². The first-order valence-corrected chi connectivity index (χ1v) is 5.44. The van der Waals surface area contributed by atoms with Crippen molar-refractivity contribution in [2.45, 2.75) is 39.0 Å². The molecule has 13 heavy (non-hydrogen) atoms.